The highest BCUT2D eigenvalue weighted by Crippen LogP contribution is 2.33. The summed E-state index contributed by atoms with van der Waals surface area (Å²) in [6.07, 6.45) is 1.42. The van der Waals surface area contributed by atoms with Crippen molar-refractivity contribution in [3.63, 3.8) is 0 Å². The summed E-state index contributed by atoms with van der Waals surface area (Å²) in [4.78, 5) is 15.5. The van der Waals surface area contributed by atoms with Gasteiger partial charge in [-0.25, -0.2) is 19.3 Å². The van der Waals surface area contributed by atoms with Crippen molar-refractivity contribution in [1.82, 2.24) is 24.4 Å². The maximum atomic E-state index is 15.3. The summed E-state index contributed by atoms with van der Waals surface area (Å²) in [5.74, 6) is 0.586. The minimum absolute atomic E-state index is 0.0412. The van der Waals surface area contributed by atoms with E-state index >= 15 is 4.39 Å². The average Bonchev–Trinajstić information content (AvgIpc) is 3.14. The fraction of sp³-hybridized carbons (Fsp3) is 0.542. The molecule has 2 aliphatic heterocycles. The first kappa shape index (κ1) is 24.3. The quantitative estimate of drug-likeness (QED) is 0.470. The summed E-state index contributed by atoms with van der Waals surface area (Å²) in [5.41, 5.74) is 1.16. The number of aliphatic hydroxyl groups is 2. The van der Waals surface area contributed by atoms with Crippen molar-refractivity contribution in [3.05, 3.63) is 35.0 Å². The topological polar surface area (TPSA) is 109 Å². The van der Waals surface area contributed by atoms with Gasteiger partial charge in [0.1, 0.15) is 11.3 Å². The van der Waals surface area contributed by atoms with Gasteiger partial charge in [-0.05, 0) is 39.3 Å². The third-order valence-corrected chi connectivity index (χ3v) is 6.77. The number of halogens is 2. The van der Waals surface area contributed by atoms with Gasteiger partial charge in [0.25, 0.3) is 0 Å². The molecule has 9 nitrogen and oxygen atoms in total. The molecule has 0 aliphatic carbocycles. The van der Waals surface area contributed by atoms with Crippen molar-refractivity contribution in [2.24, 2.45) is 0 Å². The Balaban J connectivity index is 1.50. The second kappa shape index (κ2) is 9.25. The third kappa shape index (κ3) is 4.85. The fourth-order valence-corrected chi connectivity index (χ4v) is 5.15. The highest BCUT2D eigenvalue weighted by Gasteiger charge is 2.37. The van der Waals surface area contributed by atoms with Crippen LogP contribution in [0.25, 0.3) is 22.3 Å². The van der Waals surface area contributed by atoms with Crippen LogP contribution in [0.2, 0.25) is 5.02 Å². The Morgan fingerprint density at radius 1 is 1.31 bits per heavy atom. The van der Waals surface area contributed by atoms with Gasteiger partial charge in [0.2, 0.25) is 5.95 Å². The molecular weight excluding hydrogens is 475 g/mol. The smallest absolute Gasteiger partial charge is 0.223 e. The van der Waals surface area contributed by atoms with E-state index in [0.29, 0.717) is 65.9 Å². The maximum Gasteiger partial charge on any atom is 0.223 e. The van der Waals surface area contributed by atoms with Crippen LogP contribution >= 0.6 is 11.6 Å². The molecule has 2 fully saturated rings. The normalized spacial score (nSPS) is 22.5. The zero-order chi connectivity index (χ0) is 24.9. The first-order valence-corrected chi connectivity index (χ1v) is 12.2. The summed E-state index contributed by atoms with van der Waals surface area (Å²) in [6.45, 7) is 8.27. The molecule has 0 spiro atoms. The number of rotatable bonds is 6. The van der Waals surface area contributed by atoms with Crippen molar-refractivity contribution >= 4 is 28.6 Å². The molecule has 3 aromatic rings. The summed E-state index contributed by atoms with van der Waals surface area (Å²) >= 11 is 6.44. The number of aliphatic hydroxyl groups excluding tert-OH is 1. The average molecular weight is 505 g/mol. The zero-order valence-electron chi connectivity index (χ0n) is 20.0. The molecule has 0 unspecified atom stereocenters. The van der Waals surface area contributed by atoms with Gasteiger partial charge in [-0.3, -0.25) is 4.90 Å². The molecule has 188 valence electrons. The molecule has 2 aliphatic rings. The first-order chi connectivity index (χ1) is 16.6. The highest BCUT2D eigenvalue weighted by molar-refractivity contribution is 6.33. The Kier molecular flexibility index (Phi) is 6.43. The van der Waals surface area contributed by atoms with Gasteiger partial charge >= 0.3 is 0 Å². The van der Waals surface area contributed by atoms with Crippen molar-refractivity contribution in [2.45, 2.75) is 57.5 Å². The number of nitrogens with zero attached hydrogens (tertiary/aromatic N) is 5. The lowest BCUT2D eigenvalue weighted by molar-refractivity contribution is -0.0883. The molecule has 0 radical (unpaired) electrons. The van der Waals surface area contributed by atoms with Crippen LogP contribution in [0.5, 0.6) is 0 Å². The largest absolute Gasteiger partial charge is 0.389 e. The van der Waals surface area contributed by atoms with Crippen molar-refractivity contribution in [1.29, 1.82) is 0 Å². The SMILES string of the molecule is CC(C)n1c(CN2CC(C)(O)C2)nc2c(F)cc(-c3nc(N[C@@H]4CCOC[C@H]4O)ncc3Cl)cc21. The van der Waals surface area contributed by atoms with E-state index in [1.807, 2.05) is 24.5 Å². The number of likely N-dealkylation sites (tertiary alicyclic amines) is 1. The van der Waals surface area contributed by atoms with Gasteiger partial charge < -0.3 is 24.8 Å². The Morgan fingerprint density at radius 2 is 2.09 bits per heavy atom. The third-order valence-electron chi connectivity index (χ3n) is 6.49. The Morgan fingerprint density at radius 3 is 2.77 bits per heavy atom. The van der Waals surface area contributed by atoms with Crippen molar-refractivity contribution in [2.75, 3.05) is 31.6 Å². The summed E-state index contributed by atoms with van der Waals surface area (Å²) in [6, 6.07) is 3.03. The van der Waals surface area contributed by atoms with Crippen LogP contribution in [0.15, 0.2) is 18.3 Å². The summed E-state index contributed by atoms with van der Waals surface area (Å²) < 4.78 is 22.6. The lowest BCUT2D eigenvalue weighted by Gasteiger charge is -2.44. The maximum absolute atomic E-state index is 15.3. The van der Waals surface area contributed by atoms with Crippen molar-refractivity contribution in [3.8, 4) is 11.3 Å². The number of hydrogen-bond acceptors (Lipinski definition) is 8. The van der Waals surface area contributed by atoms with Crippen LogP contribution < -0.4 is 5.32 Å². The minimum atomic E-state index is -0.691. The van der Waals surface area contributed by atoms with Gasteiger partial charge in [0.15, 0.2) is 5.82 Å². The molecule has 11 heteroatoms. The number of nitrogens with one attached hydrogen (secondary N) is 1. The Labute approximate surface area is 207 Å². The highest BCUT2D eigenvalue weighted by atomic mass is 35.5. The van der Waals surface area contributed by atoms with E-state index in [2.05, 4.69) is 25.2 Å². The number of β-amino-alcohol motifs (C(OH)–C–C–N with tert-alkyl or cyclic N) is 1. The fourth-order valence-electron chi connectivity index (χ4n) is 4.95. The molecule has 0 bridgehead atoms. The Bertz CT molecular complexity index is 1240. The molecule has 4 heterocycles. The molecule has 2 saturated heterocycles. The first-order valence-electron chi connectivity index (χ1n) is 11.8. The van der Waals surface area contributed by atoms with E-state index in [1.54, 1.807) is 6.92 Å². The van der Waals surface area contributed by atoms with E-state index in [4.69, 9.17) is 16.3 Å². The standard InChI is InChI=1S/C24H30ClFN6O3/c1-13(2)32-18-7-14(6-16(26)22(18)29-20(32)9-31-11-24(3,34)12-31)21-15(25)8-27-23(30-21)28-17-4-5-35-10-19(17)33/h6-8,13,17,19,33-34H,4-5,9-12H2,1-3H3,(H,27,28,30)/t17-,19-/m1/s1. The molecule has 0 saturated carbocycles. The number of imidazole rings is 1. The van der Waals surface area contributed by atoms with E-state index < -0.39 is 17.5 Å². The van der Waals surface area contributed by atoms with Crippen LogP contribution in [-0.2, 0) is 11.3 Å². The second-order valence-electron chi connectivity index (χ2n) is 10.0. The molecule has 1 aromatic carbocycles. The zero-order valence-corrected chi connectivity index (χ0v) is 20.8. The van der Waals surface area contributed by atoms with Gasteiger partial charge in [-0.1, -0.05) is 11.6 Å². The van der Waals surface area contributed by atoms with Gasteiger partial charge in [0, 0.05) is 31.3 Å². The Hall–Kier alpha value is -2.37. The lowest BCUT2D eigenvalue weighted by Crippen LogP contribution is -2.59. The number of fused-ring (bicyclic) bond motifs is 1. The van der Waals surface area contributed by atoms with E-state index in [-0.39, 0.29) is 18.7 Å². The van der Waals surface area contributed by atoms with E-state index in [9.17, 15) is 10.2 Å². The molecule has 2 aromatic heterocycles. The van der Waals surface area contributed by atoms with Gasteiger partial charge in [-0.2, -0.15) is 0 Å². The monoisotopic (exact) mass is 504 g/mol. The summed E-state index contributed by atoms with van der Waals surface area (Å²) in [7, 11) is 0. The van der Waals surface area contributed by atoms with Crippen molar-refractivity contribution < 1.29 is 19.3 Å². The van der Waals surface area contributed by atoms with Crippen LogP contribution in [-0.4, -0.2) is 78.7 Å². The predicted octanol–water partition coefficient (Wildman–Crippen LogP) is 3.00. The van der Waals surface area contributed by atoms with Gasteiger partial charge in [0.05, 0.1) is 53.3 Å². The molecule has 0 amide bonds. The molecule has 2 atom stereocenters. The van der Waals surface area contributed by atoms with Gasteiger partial charge in [-0.15, -0.1) is 0 Å². The second-order valence-corrected chi connectivity index (χ2v) is 10.4. The van der Waals surface area contributed by atoms with Crippen LogP contribution in [0.3, 0.4) is 0 Å². The number of ether oxygens (including phenoxy) is 1. The van der Waals surface area contributed by atoms with Crippen LogP contribution in [0.1, 0.15) is 39.1 Å². The molecule has 5 rings (SSSR count). The minimum Gasteiger partial charge on any atom is -0.389 e. The van der Waals surface area contributed by atoms with Crippen LogP contribution in [0, 0.1) is 5.82 Å². The van der Waals surface area contributed by atoms with Crippen LogP contribution in [0.4, 0.5) is 10.3 Å². The van der Waals surface area contributed by atoms with E-state index in [1.165, 1.54) is 12.3 Å². The predicted molar refractivity (Wildman–Crippen MR) is 131 cm³/mol. The molecular formula is C24H30ClFN6O3. The summed E-state index contributed by atoms with van der Waals surface area (Å²) in [5, 5.41) is 23.7. The number of aromatic nitrogens is 4. The van der Waals surface area contributed by atoms with E-state index in [0.717, 1.165) is 5.82 Å². The number of anilines is 1. The lowest BCUT2D eigenvalue weighted by atomic mass is 9.97. The number of benzene rings is 1. The molecule has 35 heavy (non-hydrogen) atoms. The molecule has 3 N–H and O–H groups in total. The number of hydrogen-bond donors (Lipinski definition) is 3.